The van der Waals surface area contributed by atoms with E-state index in [2.05, 4.69) is 40.6 Å². The van der Waals surface area contributed by atoms with Crippen LogP contribution in [0.1, 0.15) is 18.5 Å². The summed E-state index contributed by atoms with van der Waals surface area (Å²) < 4.78 is 5.31. The first-order chi connectivity index (χ1) is 8.76. The molecule has 1 aromatic heterocycles. The summed E-state index contributed by atoms with van der Waals surface area (Å²) in [6.45, 7) is 2.03. The van der Waals surface area contributed by atoms with Gasteiger partial charge in [0.1, 0.15) is 0 Å². The average Bonchev–Trinajstić information content (AvgIpc) is 2.33. The van der Waals surface area contributed by atoms with Gasteiger partial charge < -0.3 is 10.1 Å². The summed E-state index contributed by atoms with van der Waals surface area (Å²) in [5.74, 6) is 0. The molecule has 3 nitrogen and oxygen atoms in total. The van der Waals surface area contributed by atoms with Crippen LogP contribution in [-0.2, 0) is 4.74 Å². The molecule has 0 aliphatic heterocycles. The average molecular weight is 242 g/mol. The van der Waals surface area contributed by atoms with Crippen LogP contribution in [0.5, 0.6) is 0 Å². The van der Waals surface area contributed by atoms with Crippen molar-refractivity contribution in [2.75, 3.05) is 12.4 Å². The van der Waals surface area contributed by atoms with Crippen molar-refractivity contribution in [1.82, 2.24) is 4.98 Å². The van der Waals surface area contributed by atoms with E-state index >= 15 is 0 Å². The Bertz CT molecular complexity index is 561. The standard InChI is InChI=1S/C15H18N2O/c1-10-6-7-11-4-3-5-14(15(11)16-10)17-12-8-13(9-12)18-2/h3-7,12-13,17H,8-9H2,1-2H3. The van der Waals surface area contributed by atoms with Crippen molar-refractivity contribution >= 4 is 16.6 Å². The van der Waals surface area contributed by atoms with Gasteiger partial charge in [-0.25, -0.2) is 0 Å². The maximum absolute atomic E-state index is 5.31. The van der Waals surface area contributed by atoms with Crippen LogP contribution in [0.3, 0.4) is 0 Å². The number of hydrogen-bond donors (Lipinski definition) is 1. The number of methoxy groups -OCH3 is 1. The minimum Gasteiger partial charge on any atom is -0.381 e. The van der Waals surface area contributed by atoms with E-state index in [4.69, 9.17) is 4.74 Å². The van der Waals surface area contributed by atoms with Gasteiger partial charge in [-0.1, -0.05) is 18.2 Å². The van der Waals surface area contributed by atoms with Crippen LogP contribution in [0.25, 0.3) is 10.9 Å². The van der Waals surface area contributed by atoms with E-state index in [0.717, 1.165) is 29.7 Å². The first-order valence-electron chi connectivity index (χ1n) is 6.42. The van der Waals surface area contributed by atoms with Gasteiger partial charge in [0.05, 0.1) is 17.3 Å². The smallest absolute Gasteiger partial charge is 0.0936 e. The second-order valence-electron chi connectivity index (χ2n) is 5.00. The lowest BCUT2D eigenvalue weighted by Gasteiger charge is -2.35. The molecule has 1 aliphatic rings. The molecule has 1 saturated carbocycles. The zero-order valence-corrected chi connectivity index (χ0v) is 10.8. The molecular formula is C15H18N2O. The molecule has 1 fully saturated rings. The van der Waals surface area contributed by atoms with Crippen molar-refractivity contribution in [1.29, 1.82) is 0 Å². The van der Waals surface area contributed by atoms with Gasteiger partial charge in [-0.3, -0.25) is 4.98 Å². The van der Waals surface area contributed by atoms with Gasteiger partial charge in [0.25, 0.3) is 0 Å². The zero-order valence-electron chi connectivity index (χ0n) is 10.8. The van der Waals surface area contributed by atoms with Crippen molar-refractivity contribution < 1.29 is 4.74 Å². The summed E-state index contributed by atoms with van der Waals surface area (Å²) in [7, 11) is 1.78. The number of rotatable bonds is 3. The number of aryl methyl sites for hydroxylation is 1. The van der Waals surface area contributed by atoms with Crippen LogP contribution in [-0.4, -0.2) is 24.2 Å². The van der Waals surface area contributed by atoms with Crippen LogP contribution in [0.15, 0.2) is 30.3 Å². The number of nitrogens with one attached hydrogen (secondary N) is 1. The minimum absolute atomic E-state index is 0.423. The highest BCUT2D eigenvalue weighted by molar-refractivity contribution is 5.90. The molecule has 1 heterocycles. The molecule has 0 atom stereocenters. The summed E-state index contributed by atoms with van der Waals surface area (Å²) in [5, 5.41) is 4.76. The van der Waals surface area contributed by atoms with Crippen molar-refractivity contribution in [3.8, 4) is 0 Å². The van der Waals surface area contributed by atoms with Crippen LogP contribution in [0.2, 0.25) is 0 Å². The van der Waals surface area contributed by atoms with E-state index in [1.165, 1.54) is 5.39 Å². The van der Waals surface area contributed by atoms with Gasteiger partial charge in [-0.2, -0.15) is 0 Å². The molecule has 1 aliphatic carbocycles. The number of benzene rings is 1. The molecule has 94 valence electrons. The number of fused-ring (bicyclic) bond motifs is 1. The SMILES string of the molecule is COC1CC(Nc2cccc3ccc(C)nc23)C1. The first-order valence-corrected chi connectivity index (χ1v) is 6.42. The summed E-state index contributed by atoms with van der Waals surface area (Å²) in [5.41, 5.74) is 3.26. The third-order valence-corrected chi connectivity index (χ3v) is 3.65. The number of pyridine rings is 1. The summed E-state index contributed by atoms with van der Waals surface area (Å²) in [6, 6.07) is 11.0. The first kappa shape index (κ1) is 11.5. The van der Waals surface area contributed by atoms with Crippen LogP contribution >= 0.6 is 0 Å². The number of hydrogen-bond acceptors (Lipinski definition) is 3. The van der Waals surface area contributed by atoms with Gasteiger partial charge in [0.15, 0.2) is 0 Å². The second kappa shape index (κ2) is 4.58. The zero-order chi connectivity index (χ0) is 12.5. The summed E-state index contributed by atoms with van der Waals surface area (Å²) in [6.07, 6.45) is 2.59. The number of para-hydroxylation sites is 1. The van der Waals surface area contributed by atoms with Gasteiger partial charge in [-0.05, 0) is 31.9 Å². The lowest BCUT2D eigenvalue weighted by atomic mass is 9.89. The van der Waals surface area contributed by atoms with Crippen molar-refractivity contribution in [3.63, 3.8) is 0 Å². The van der Waals surface area contributed by atoms with Crippen molar-refractivity contribution in [2.24, 2.45) is 0 Å². The lowest BCUT2D eigenvalue weighted by Crippen LogP contribution is -2.40. The molecular weight excluding hydrogens is 224 g/mol. The highest BCUT2D eigenvalue weighted by Crippen LogP contribution is 2.29. The predicted molar refractivity (Wildman–Crippen MR) is 73.9 cm³/mol. The fourth-order valence-electron chi connectivity index (χ4n) is 2.46. The molecule has 1 N–H and O–H groups in total. The Balaban J connectivity index is 1.85. The summed E-state index contributed by atoms with van der Waals surface area (Å²) in [4.78, 5) is 4.63. The molecule has 0 amide bonds. The van der Waals surface area contributed by atoms with E-state index in [0.29, 0.717) is 12.1 Å². The molecule has 0 bridgehead atoms. The van der Waals surface area contributed by atoms with Gasteiger partial charge in [-0.15, -0.1) is 0 Å². The van der Waals surface area contributed by atoms with E-state index in [1.807, 2.05) is 6.92 Å². The topological polar surface area (TPSA) is 34.1 Å². The van der Waals surface area contributed by atoms with Crippen LogP contribution < -0.4 is 5.32 Å². The van der Waals surface area contributed by atoms with Gasteiger partial charge >= 0.3 is 0 Å². The highest BCUT2D eigenvalue weighted by Gasteiger charge is 2.29. The molecule has 3 heteroatoms. The van der Waals surface area contributed by atoms with Crippen LogP contribution in [0.4, 0.5) is 5.69 Å². The minimum atomic E-state index is 0.423. The molecule has 0 unspecified atom stereocenters. The molecule has 1 aromatic carbocycles. The van der Waals surface area contributed by atoms with Gasteiger partial charge in [0, 0.05) is 24.2 Å². The molecule has 0 spiro atoms. The van der Waals surface area contributed by atoms with E-state index in [1.54, 1.807) is 7.11 Å². The number of aromatic nitrogens is 1. The molecule has 18 heavy (non-hydrogen) atoms. The molecule has 0 radical (unpaired) electrons. The Morgan fingerprint density at radius 2 is 2.06 bits per heavy atom. The largest absolute Gasteiger partial charge is 0.381 e. The van der Waals surface area contributed by atoms with E-state index in [9.17, 15) is 0 Å². The maximum atomic E-state index is 5.31. The lowest BCUT2D eigenvalue weighted by molar-refractivity contribution is 0.0329. The van der Waals surface area contributed by atoms with Crippen LogP contribution in [0, 0.1) is 6.92 Å². The Labute approximate surface area is 107 Å². The van der Waals surface area contributed by atoms with Crippen molar-refractivity contribution in [3.05, 3.63) is 36.0 Å². The molecule has 2 aromatic rings. The third kappa shape index (κ3) is 2.06. The summed E-state index contributed by atoms with van der Waals surface area (Å²) >= 11 is 0. The third-order valence-electron chi connectivity index (χ3n) is 3.65. The molecule has 0 saturated heterocycles. The predicted octanol–water partition coefficient (Wildman–Crippen LogP) is 3.13. The Morgan fingerprint density at radius 1 is 1.22 bits per heavy atom. The quantitative estimate of drug-likeness (QED) is 0.898. The number of nitrogens with zero attached hydrogens (tertiary/aromatic N) is 1. The molecule has 3 rings (SSSR count). The number of ether oxygens (including phenoxy) is 1. The maximum Gasteiger partial charge on any atom is 0.0936 e. The Hall–Kier alpha value is -1.61. The van der Waals surface area contributed by atoms with Gasteiger partial charge in [0.2, 0.25) is 0 Å². The fourth-order valence-corrected chi connectivity index (χ4v) is 2.46. The highest BCUT2D eigenvalue weighted by atomic mass is 16.5. The van der Waals surface area contributed by atoms with Crippen molar-refractivity contribution in [2.45, 2.75) is 31.9 Å². The Morgan fingerprint density at radius 3 is 2.83 bits per heavy atom. The monoisotopic (exact) mass is 242 g/mol. The normalized spacial score (nSPS) is 22.8. The fraction of sp³-hybridized carbons (Fsp3) is 0.400. The van der Waals surface area contributed by atoms with E-state index in [-0.39, 0.29) is 0 Å². The number of anilines is 1. The van der Waals surface area contributed by atoms with E-state index < -0.39 is 0 Å². The Kier molecular flexibility index (Phi) is 2.92. The second-order valence-corrected chi connectivity index (χ2v) is 5.00.